The number of aromatic nitrogens is 3. The van der Waals surface area contributed by atoms with E-state index in [0.717, 1.165) is 28.0 Å². The molecule has 0 radical (unpaired) electrons. The Kier molecular flexibility index (Phi) is 5.14. The van der Waals surface area contributed by atoms with Crippen LogP contribution in [0.5, 0.6) is 5.75 Å². The summed E-state index contributed by atoms with van der Waals surface area (Å²) in [7, 11) is 1.94. The molecule has 0 N–H and O–H groups in total. The highest BCUT2D eigenvalue weighted by atomic mass is 32.2. The van der Waals surface area contributed by atoms with Crippen LogP contribution in [0.1, 0.15) is 17.0 Å². The summed E-state index contributed by atoms with van der Waals surface area (Å²) in [4.78, 5) is 0. The van der Waals surface area contributed by atoms with Crippen molar-refractivity contribution in [2.75, 3.05) is 0 Å². The molecule has 0 aliphatic heterocycles. The molecule has 6 heteroatoms. The smallest absolute Gasteiger partial charge is 0.191 e. The van der Waals surface area contributed by atoms with Gasteiger partial charge in [-0.2, -0.15) is 5.26 Å². The Bertz CT molecular complexity index is 838. The Labute approximate surface area is 144 Å². The van der Waals surface area contributed by atoms with Gasteiger partial charge in [0.2, 0.25) is 0 Å². The zero-order valence-corrected chi connectivity index (χ0v) is 14.0. The lowest BCUT2D eigenvalue weighted by molar-refractivity contribution is 0.290. The monoisotopic (exact) mass is 336 g/mol. The van der Waals surface area contributed by atoms with Gasteiger partial charge in [-0.05, 0) is 29.8 Å². The van der Waals surface area contributed by atoms with Crippen LogP contribution in [0.2, 0.25) is 0 Å². The van der Waals surface area contributed by atoms with Crippen molar-refractivity contribution in [3.05, 3.63) is 71.5 Å². The molecular formula is C18H16N4OS. The zero-order valence-electron chi connectivity index (χ0n) is 13.2. The molecule has 1 aromatic heterocycles. The summed E-state index contributed by atoms with van der Waals surface area (Å²) < 4.78 is 7.65. The summed E-state index contributed by atoms with van der Waals surface area (Å²) in [5, 5.41) is 18.1. The number of benzene rings is 2. The van der Waals surface area contributed by atoms with Crippen LogP contribution < -0.4 is 4.74 Å². The van der Waals surface area contributed by atoms with Gasteiger partial charge in [0.05, 0.1) is 11.6 Å². The van der Waals surface area contributed by atoms with E-state index in [1.807, 2.05) is 66.2 Å². The fraction of sp³-hybridized carbons (Fsp3) is 0.167. The topological polar surface area (TPSA) is 63.7 Å². The van der Waals surface area contributed by atoms with E-state index in [1.165, 1.54) is 0 Å². The minimum Gasteiger partial charge on any atom is -0.486 e. The van der Waals surface area contributed by atoms with E-state index >= 15 is 0 Å². The van der Waals surface area contributed by atoms with Crippen molar-refractivity contribution in [1.29, 1.82) is 5.26 Å². The van der Waals surface area contributed by atoms with E-state index in [4.69, 9.17) is 10.00 Å². The molecule has 2 aromatic carbocycles. The maximum absolute atomic E-state index is 8.82. The Morgan fingerprint density at radius 1 is 1.08 bits per heavy atom. The number of nitriles is 1. The molecule has 5 nitrogen and oxygen atoms in total. The molecule has 0 spiro atoms. The van der Waals surface area contributed by atoms with E-state index in [2.05, 4.69) is 16.3 Å². The summed E-state index contributed by atoms with van der Waals surface area (Å²) in [6, 6.07) is 19.3. The van der Waals surface area contributed by atoms with Crippen molar-refractivity contribution in [3.63, 3.8) is 0 Å². The first-order valence-electron chi connectivity index (χ1n) is 7.44. The second-order valence-electron chi connectivity index (χ2n) is 5.16. The first-order valence-corrected chi connectivity index (χ1v) is 8.43. The molecule has 120 valence electrons. The zero-order chi connectivity index (χ0) is 16.8. The predicted molar refractivity (Wildman–Crippen MR) is 92.5 cm³/mol. The maximum atomic E-state index is 8.82. The molecule has 0 saturated heterocycles. The van der Waals surface area contributed by atoms with E-state index in [0.29, 0.717) is 12.2 Å². The van der Waals surface area contributed by atoms with Crippen molar-refractivity contribution in [1.82, 2.24) is 14.8 Å². The highest BCUT2D eigenvalue weighted by Gasteiger charge is 2.10. The van der Waals surface area contributed by atoms with Crippen LogP contribution in [0.15, 0.2) is 59.8 Å². The minimum atomic E-state index is 0.380. The van der Waals surface area contributed by atoms with E-state index in [-0.39, 0.29) is 0 Å². The van der Waals surface area contributed by atoms with E-state index < -0.39 is 0 Å². The van der Waals surface area contributed by atoms with Gasteiger partial charge in [-0.1, -0.05) is 42.1 Å². The van der Waals surface area contributed by atoms with Gasteiger partial charge in [-0.15, -0.1) is 10.2 Å². The number of thioether (sulfide) groups is 1. The molecule has 1 heterocycles. The van der Waals surface area contributed by atoms with Gasteiger partial charge in [-0.25, -0.2) is 0 Å². The molecule has 3 aromatic rings. The van der Waals surface area contributed by atoms with Gasteiger partial charge in [-0.3, -0.25) is 0 Å². The van der Waals surface area contributed by atoms with Crippen molar-refractivity contribution >= 4 is 11.8 Å². The summed E-state index contributed by atoms with van der Waals surface area (Å²) >= 11 is 1.61. The van der Waals surface area contributed by atoms with Crippen LogP contribution in [0.4, 0.5) is 0 Å². The predicted octanol–water partition coefficient (Wildman–Crippen LogP) is 3.56. The molecule has 0 amide bonds. The van der Waals surface area contributed by atoms with Gasteiger partial charge >= 0.3 is 0 Å². The third-order valence-electron chi connectivity index (χ3n) is 3.49. The van der Waals surface area contributed by atoms with Crippen LogP contribution in [0.3, 0.4) is 0 Å². The molecule has 24 heavy (non-hydrogen) atoms. The highest BCUT2D eigenvalue weighted by molar-refractivity contribution is 7.98. The Hall–Kier alpha value is -2.78. The summed E-state index contributed by atoms with van der Waals surface area (Å²) in [6.45, 7) is 0.380. The van der Waals surface area contributed by atoms with Crippen LogP contribution in [-0.4, -0.2) is 14.8 Å². The second-order valence-corrected chi connectivity index (χ2v) is 6.10. The molecule has 0 unspecified atom stereocenters. The Morgan fingerprint density at radius 3 is 2.54 bits per heavy atom. The molecule has 0 bridgehead atoms. The average molecular weight is 336 g/mol. The largest absolute Gasteiger partial charge is 0.486 e. The third kappa shape index (κ3) is 3.94. The fourth-order valence-electron chi connectivity index (χ4n) is 2.08. The Morgan fingerprint density at radius 2 is 1.83 bits per heavy atom. The van der Waals surface area contributed by atoms with Gasteiger partial charge in [0, 0.05) is 12.8 Å². The lowest BCUT2D eigenvalue weighted by Crippen LogP contribution is -2.04. The first-order chi connectivity index (χ1) is 11.8. The number of hydrogen-bond acceptors (Lipinski definition) is 5. The van der Waals surface area contributed by atoms with Gasteiger partial charge in [0.1, 0.15) is 12.4 Å². The lowest BCUT2D eigenvalue weighted by Gasteiger charge is -2.06. The van der Waals surface area contributed by atoms with Gasteiger partial charge in [0.15, 0.2) is 11.0 Å². The third-order valence-corrected chi connectivity index (χ3v) is 4.58. The van der Waals surface area contributed by atoms with Crippen molar-refractivity contribution in [2.45, 2.75) is 17.5 Å². The molecule has 0 fully saturated rings. The number of nitrogens with zero attached hydrogens (tertiary/aromatic N) is 4. The lowest BCUT2D eigenvalue weighted by atomic mass is 10.2. The molecule has 0 atom stereocenters. The SMILES string of the molecule is Cn1c(COc2ccccc2)nnc1SCc1ccc(C#N)cc1. The van der Waals surface area contributed by atoms with Gasteiger partial charge in [0.25, 0.3) is 0 Å². The number of hydrogen-bond donors (Lipinski definition) is 0. The second kappa shape index (κ2) is 7.66. The van der Waals surface area contributed by atoms with Crippen LogP contribution in [0.25, 0.3) is 0 Å². The average Bonchev–Trinajstić information content (AvgIpc) is 2.99. The van der Waals surface area contributed by atoms with Crippen LogP contribution in [0, 0.1) is 11.3 Å². The fourth-order valence-corrected chi connectivity index (χ4v) is 2.97. The van der Waals surface area contributed by atoms with E-state index in [9.17, 15) is 0 Å². The number of ether oxygens (including phenoxy) is 1. The van der Waals surface area contributed by atoms with E-state index in [1.54, 1.807) is 11.8 Å². The van der Waals surface area contributed by atoms with Crippen molar-refractivity contribution in [2.24, 2.45) is 7.05 Å². The molecular weight excluding hydrogens is 320 g/mol. The van der Waals surface area contributed by atoms with Crippen LogP contribution in [-0.2, 0) is 19.4 Å². The standard InChI is InChI=1S/C18H16N4OS/c1-22-17(12-23-16-5-3-2-4-6-16)20-21-18(22)24-13-15-9-7-14(11-19)8-10-15/h2-10H,12-13H2,1H3. The molecule has 0 aliphatic rings. The number of rotatable bonds is 6. The van der Waals surface area contributed by atoms with Crippen molar-refractivity contribution < 1.29 is 4.74 Å². The van der Waals surface area contributed by atoms with Gasteiger partial charge < -0.3 is 9.30 Å². The van der Waals surface area contributed by atoms with Crippen LogP contribution >= 0.6 is 11.8 Å². The molecule has 0 aliphatic carbocycles. The molecule has 0 saturated carbocycles. The Balaban J connectivity index is 1.59. The maximum Gasteiger partial charge on any atom is 0.191 e. The summed E-state index contributed by atoms with van der Waals surface area (Å²) in [6.07, 6.45) is 0. The number of para-hydroxylation sites is 1. The summed E-state index contributed by atoms with van der Waals surface area (Å²) in [5.74, 6) is 2.37. The minimum absolute atomic E-state index is 0.380. The molecule has 3 rings (SSSR count). The summed E-state index contributed by atoms with van der Waals surface area (Å²) in [5.41, 5.74) is 1.81. The highest BCUT2D eigenvalue weighted by Crippen LogP contribution is 2.22. The first kappa shape index (κ1) is 16.1. The quantitative estimate of drug-likeness (QED) is 0.644. The van der Waals surface area contributed by atoms with Crippen molar-refractivity contribution in [3.8, 4) is 11.8 Å². The normalized spacial score (nSPS) is 10.3.